The van der Waals surface area contributed by atoms with Gasteiger partial charge < -0.3 is 8.98 Å². The van der Waals surface area contributed by atoms with Crippen LogP contribution in [-0.4, -0.2) is 10.9 Å². The van der Waals surface area contributed by atoms with Gasteiger partial charge in [0.25, 0.3) is 0 Å². The Kier molecular flexibility index (Phi) is 5.43. The first-order chi connectivity index (χ1) is 13.8. The number of unbranched alkanes of at least 4 members (excludes halogenated alkanes) is 3. The number of rotatable bonds is 8. The molecule has 0 amide bonds. The van der Waals surface area contributed by atoms with Gasteiger partial charge in [0.1, 0.15) is 5.76 Å². The molecule has 4 aromatic rings. The van der Waals surface area contributed by atoms with Crippen LogP contribution in [0, 0.1) is 0 Å². The maximum Gasteiger partial charge on any atom is 0.185 e. The molecule has 4 rings (SSSR count). The number of nitrogens with zero attached hydrogens (tertiary/aromatic N) is 1. The van der Waals surface area contributed by atoms with Crippen molar-refractivity contribution in [1.82, 2.24) is 4.57 Å². The summed E-state index contributed by atoms with van der Waals surface area (Å²) in [5, 5.41) is 2.57. The van der Waals surface area contributed by atoms with Crippen LogP contribution in [0.1, 0.15) is 54.5 Å². The van der Waals surface area contributed by atoms with Gasteiger partial charge in [-0.2, -0.15) is 0 Å². The smallest absolute Gasteiger partial charge is 0.185 e. The highest BCUT2D eigenvalue weighted by atomic mass is 16.3. The van der Waals surface area contributed by atoms with Crippen LogP contribution in [0.4, 0.5) is 0 Å². The molecule has 0 fully saturated rings. The second-order valence-electron chi connectivity index (χ2n) is 7.20. The zero-order valence-electron chi connectivity index (χ0n) is 16.2. The molecule has 142 valence electrons. The molecule has 0 N–H and O–H groups in total. The normalized spacial score (nSPS) is 11.8. The maximum absolute atomic E-state index is 10.8. The number of carbonyl (C=O) groups is 1. The molecule has 0 unspecified atom stereocenters. The lowest BCUT2D eigenvalue weighted by Crippen LogP contribution is -1.97. The average molecular weight is 371 g/mol. The molecule has 0 radical (unpaired) electrons. The van der Waals surface area contributed by atoms with Crippen LogP contribution in [0.25, 0.3) is 34.0 Å². The third kappa shape index (κ3) is 3.65. The van der Waals surface area contributed by atoms with Crippen molar-refractivity contribution in [2.45, 2.75) is 39.2 Å². The van der Waals surface area contributed by atoms with E-state index in [2.05, 4.69) is 54.0 Å². The predicted molar refractivity (Wildman–Crippen MR) is 117 cm³/mol. The highest BCUT2D eigenvalue weighted by Gasteiger charge is 2.10. The molecule has 2 heterocycles. The number of furan rings is 1. The van der Waals surface area contributed by atoms with Crippen molar-refractivity contribution in [3.8, 4) is 0 Å². The summed E-state index contributed by atoms with van der Waals surface area (Å²) >= 11 is 0. The van der Waals surface area contributed by atoms with E-state index in [-0.39, 0.29) is 0 Å². The van der Waals surface area contributed by atoms with Gasteiger partial charge in [-0.05, 0) is 48.4 Å². The molecule has 3 heteroatoms. The molecule has 2 aromatic heterocycles. The first kappa shape index (κ1) is 18.3. The average Bonchev–Trinajstić information content (AvgIpc) is 3.32. The van der Waals surface area contributed by atoms with Gasteiger partial charge in [-0.15, -0.1) is 0 Å². The van der Waals surface area contributed by atoms with Crippen LogP contribution in [-0.2, 0) is 6.54 Å². The Bertz CT molecular complexity index is 1130. The van der Waals surface area contributed by atoms with Crippen LogP contribution in [0.3, 0.4) is 0 Å². The van der Waals surface area contributed by atoms with Crippen LogP contribution < -0.4 is 0 Å². The summed E-state index contributed by atoms with van der Waals surface area (Å²) in [6.45, 7) is 3.30. The number of aromatic nitrogens is 1. The van der Waals surface area contributed by atoms with Crippen LogP contribution in [0.15, 0.2) is 59.0 Å². The molecule has 28 heavy (non-hydrogen) atoms. The Morgan fingerprint density at radius 2 is 1.68 bits per heavy atom. The number of carbonyl (C=O) groups excluding carboxylic acids is 1. The largest absolute Gasteiger partial charge is 0.454 e. The summed E-state index contributed by atoms with van der Waals surface area (Å²) in [5.74, 6) is 1.03. The third-order valence-corrected chi connectivity index (χ3v) is 5.24. The quantitative estimate of drug-likeness (QED) is 0.248. The van der Waals surface area contributed by atoms with Gasteiger partial charge in [0.2, 0.25) is 0 Å². The Labute approximate surface area is 165 Å². The highest BCUT2D eigenvalue weighted by Crippen LogP contribution is 2.30. The van der Waals surface area contributed by atoms with Gasteiger partial charge in [-0.1, -0.05) is 56.5 Å². The van der Waals surface area contributed by atoms with Crippen molar-refractivity contribution in [1.29, 1.82) is 0 Å². The summed E-state index contributed by atoms with van der Waals surface area (Å²) in [4.78, 5) is 10.8. The van der Waals surface area contributed by atoms with E-state index in [1.54, 1.807) is 12.1 Å². The van der Waals surface area contributed by atoms with E-state index in [4.69, 9.17) is 4.42 Å². The fraction of sp³-hybridized carbons (Fsp3) is 0.240. The molecule has 0 bridgehead atoms. The first-order valence-electron chi connectivity index (χ1n) is 10.0. The van der Waals surface area contributed by atoms with Crippen LogP contribution in [0.5, 0.6) is 0 Å². The maximum atomic E-state index is 10.8. The Morgan fingerprint density at radius 1 is 0.857 bits per heavy atom. The molecule has 3 nitrogen and oxygen atoms in total. The standard InChI is InChI=1S/C25H25NO2/c1-2-3-4-7-16-26-24-9-6-5-8-22(24)23-17-19(11-15-25(23)26)10-12-20-13-14-21(18-27)28-20/h5-6,8-15,17-18H,2-4,7,16H2,1H3. The molecule has 0 saturated heterocycles. The molecular weight excluding hydrogens is 346 g/mol. The van der Waals surface area contributed by atoms with Gasteiger partial charge >= 0.3 is 0 Å². The zero-order chi connectivity index (χ0) is 19.3. The Hall–Kier alpha value is -3.07. The predicted octanol–water partition coefficient (Wildman–Crippen LogP) is 6.95. The fourth-order valence-corrected chi connectivity index (χ4v) is 3.81. The molecular formula is C25H25NO2. The number of hydrogen-bond donors (Lipinski definition) is 0. The lowest BCUT2D eigenvalue weighted by Gasteiger charge is -2.07. The van der Waals surface area contributed by atoms with Gasteiger partial charge in [0.15, 0.2) is 12.0 Å². The monoisotopic (exact) mass is 371 g/mol. The summed E-state index contributed by atoms with van der Waals surface area (Å²) in [6, 6.07) is 18.7. The molecule has 0 aliphatic rings. The van der Waals surface area contributed by atoms with Gasteiger partial charge in [0, 0.05) is 28.4 Å². The van der Waals surface area contributed by atoms with Gasteiger partial charge in [-0.25, -0.2) is 0 Å². The summed E-state index contributed by atoms with van der Waals surface area (Å²) in [7, 11) is 0. The van der Waals surface area contributed by atoms with Gasteiger partial charge in [-0.3, -0.25) is 4.79 Å². The number of aldehydes is 1. The van der Waals surface area contributed by atoms with Crippen LogP contribution in [0.2, 0.25) is 0 Å². The van der Waals surface area contributed by atoms with Crippen molar-refractivity contribution in [3.05, 3.63) is 71.7 Å². The zero-order valence-corrected chi connectivity index (χ0v) is 16.2. The molecule has 0 aliphatic heterocycles. The summed E-state index contributed by atoms with van der Waals surface area (Å²) in [6.07, 6.45) is 9.69. The lowest BCUT2D eigenvalue weighted by atomic mass is 10.1. The minimum absolute atomic E-state index is 0.348. The Morgan fingerprint density at radius 3 is 2.50 bits per heavy atom. The first-order valence-corrected chi connectivity index (χ1v) is 10.0. The highest BCUT2D eigenvalue weighted by molar-refractivity contribution is 6.08. The minimum atomic E-state index is 0.348. The number of fused-ring (bicyclic) bond motifs is 3. The summed E-state index contributed by atoms with van der Waals surface area (Å²) in [5.41, 5.74) is 3.71. The SMILES string of the molecule is CCCCCCn1c2ccccc2c2cc(C=Cc3ccc(C=O)o3)ccc21. The van der Waals surface area contributed by atoms with Crippen LogP contribution >= 0.6 is 0 Å². The third-order valence-electron chi connectivity index (χ3n) is 5.24. The van der Waals surface area contributed by atoms with E-state index in [0.29, 0.717) is 11.5 Å². The van der Waals surface area contributed by atoms with Crippen molar-refractivity contribution >= 4 is 40.2 Å². The minimum Gasteiger partial charge on any atom is -0.454 e. The lowest BCUT2D eigenvalue weighted by molar-refractivity contribution is 0.110. The second kappa shape index (κ2) is 8.30. The molecule has 2 aromatic carbocycles. The van der Waals surface area contributed by atoms with Crippen molar-refractivity contribution in [3.63, 3.8) is 0 Å². The molecule has 0 spiro atoms. The van der Waals surface area contributed by atoms with Crippen molar-refractivity contribution < 1.29 is 9.21 Å². The fourth-order valence-electron chi connectivity index (χ4n) is 3.81. The van der Waals surface area contributed by atoms with Gasteiger partial charge in [0.05, 0.1) is 0 Å². The molecule has 0 aliphatic carbocycles. The summed E-state index contributed by atoms with van der Waals surface area (Å²) < 4.78 is 7.88. The van der Waals surface area contributed by atoms with E-state index < -0.39 is 0 Å². The van der Waals surface area contributed by atoms with E-state index in [1.807, 2.05) is 12.2 Å². The van der Waals surface area contributed by atoms with Crippen molar-refractivity contribution in [2.75, 3.05) is 0 Å². The van der Waals surface area contributed by atoms with E-state index in [0.717, 1.165) is 18.4 Å². The van der Waals surface area contributed by atoms with E-state index in [1.165, 1.54) is 47.5 Å². The topological polar surface area (TPSA) is 35.1 Å². The number of para-hydroxylation sites is 1. The molecule has 0 atom stereocenters. The number of benzene rings is 2. The van der Waals surface area contributed by atoms with Crippen molar-refractivity contribution in [2.24, 2.45) is 0 Å². The molecule has 0 saturated carbocycles. The number of aryl methyl sites for hydroxylation is 1. The number of hydrogen-bond acceptors (Lipinski definition) is 2. The van der Waals surface area contributed by atoms with E-state index in [9.17, 15) is 4.79 Å². The second-order valence-corrected chi connectivity index (χ2v) is 7.20. The Balaban J connectivity index is 1.68. The van der Waals surface area contributed by atoms with E-state index >= 15 is 0 Å².